The second kappa shape index (κ2) is 14.5. The number of hydrogen-bond donors (Lipinski definition) is 2. The summed E-state index contributed by atoms with van der Waals surface area (Å²) in [6, 6.07) is 9.38. The van der Waals surface area contributed by atoms with Crippen LogP contribution in [0.2, 0.25) is 10.3 Å². The van der Waals surface area contributed by atoms with E-state index in [0.717, 1.165) is 18.1 Å². The van der Waals surface area contributed by atoms with Crippen molar-refractivity contribution in [2.45, 2.75) is 11.8 Å². The van der Waals surface area contributed by atoms with Gasteiger partial charge in [-0.1, -0.05) is 39.1 Å². The number of pyridine rings is 2. The topological polar surface area (TPSA) is 149 Å². The van der Waals surface area contributed by atoms with Gasteiger partial charge in [-0.3, -0.25) is 9.36 Å². The van der Waals surface area contributed by atoms with E-state index in [1.54, 1.807) is 23.9 Å². The van der Waals surface area contributed by atoms with Gasteiger partial charge in [0.25, 0.3) is 0 Å². The van der Waals surface area contributed by atoms with Crippen molar-refractivity contribution in [2.75, 3.05) is 0 Å². The number of aryl methyl sites for hydroxylation is 2. The molecule has 38 heavy (non-hydrogen) atoms. The maximum atomic E-state index is 13.0. The number of hydrogen-bond acceptors (Lipinski definition) is 8. The number of nitriles is 2. The van der Waals surface area contributed by atoms with E-state index < -0.39 is 12.9 Å². The van der Waals surface area contributed by atoms with Crippen LogP contribution < -0.4 is 5.59 Å². The lowest BCUT2D eigenvalue weighted by molar-refractivity contribution is 0.421. The molecule has 0 bridgehead atoms. The molecule has 0 aliphatic rings. The highest BCUT2D eigenvalue weighted by Crippen LogP contribution is 2.18. The van der Waals surface area contributed by atoms with Crippen LogP contribution in [-0.4, -0.2) is 46.7 Å². The molecule has 0 amide bonds. The molecule has 0 aliphatic carbocycles. The molecule has 196 valence electrons. The Labute approximate surface area is 235 Å². The molecule has 0 radical (unpaired) electrons. The fourth-order valence-electron chi connectivity index (χ4n) is 2.85. The molecule has 4 aromatic rings. The molecule has 4 rings (SSSR count). The van der Waals surface area contributed by atoms with Crippen LogP contribution in [0.5, 0.6) is 0 Å². The standard InChI is InChI=1S/C11H8ClFN4.C6H4BrClFN.C5H6BN3O2/c1-17-10(4-9(5-14)16-17)3-7-2-8(13)6-15-11(7)12;7-2-4-1-5(9)3-10-6(4)8;1-9-5(6(10)11)2-4(3-7)8-9/h2,4,6H,3H2,1H3;1,3H,2H2;2,10-11H,1H3. The molecule has 10 nitrogen and oxygen atoms in total. The van der Waals surface area contributed by atoms with Gasteiger partial charge in [-0.2, -0.15) is 20.7 Å². The van der Waals surface area contributed by atoms with Crippen molar-refractivity contribution in [3.63, 3.8) is 0 Å². The molecule has 0 saturated carbocycles. The minimum absolute atomic E-state index is 0.176. The zero-order valence-electron chi connectivity index (χ0n) is 19.8. The van der Waals surface area contributed by atoms with E-state index >= 15 is 0 Å². The lowest BCUT2D eigenvalue weighted by atomic mass is 9.86. The molecule has 4 aromatic heterocycles. The van der Waals surface area contributed by atoms with Gasteiger partial charge in [-0.25, -0.2) is 18.7 Å². The molecule has 0 aliphatic heterocycles. The monoisotopic (exact) mass is 624 g/mol. The van der Waals surface area contributed by atoms with Gasteiger partial charge in [-0.05, 0) is 29.8 Å². The minimum atomic E-state index is -1.57. The van der Waals surface area contributed by atoms with Gasteiger partial charge in [0.2, 0.25) is 0 Å². The van der Waals surface area contributed by atoms with Crippen LogP contribution in [0.1, 0.15) is 28.2 Å². The van der Waals surface area contributed by atoms with Gasteiger partial charge in [0, 0.05) is 37.1 Å². The third-order valence-electron chi connectivity index (χ3n) is 4.66. The zero-order valence-corrected chi connectivity index (χ0v) is 22.9. The van der Waals surface area contributed by atoms with E-state index in [9.17, 15) is 8.78 Å². The predicted molar refractivity (Wildman–Crippen MR) is 140 cm³/mol. The van der Waals surface area contributed by atoms with Crippen LogP contribution in [0, 0.1) is 34.3 Å². The van der Waals surface area contributed by atoms with Crippen LogP contribution in [0.4, 0.5) is 8.78 Å². The Bertz CT molecular complexity index is 1490. The zero-order chi connectivity index (χ0) is 28.4. The normalized spacial score (nSPS) is 9.87. The van der Waals surface area contributed by atoms with E-state index in [1.165, 1.54) is 29.9 Å². The lowest BCUT2D eigenvalue weighted by Crippen LogP contribution is -2.35. The summed E-state index contributed by atoms with van der Waals surface area (Å²) < 4.78 is 28.2. The summed E-state index contributed by atoms with van der Waals surface area (Å²) in [4.78, 5) is 7.34. The number of aromatic nitrogens is 6. The summed E-state index contributed by atoms with van der Waals surface area (Å²) in [5.74, 6) is -0.800. The SMILES string of the molecule is Cn1nc(C#N)cc1B(O)O.Cn1nc(C#N)cc1Cc1cc(F)cnc1Cl.Fc1cnc(Cl)c(CBr)c1. The van der Waals surface area contributed by atoms with Crippen LogP contribution >= 0.6 is 39.1 Å². The summed E-state index contributed by atoms with van der Waals surface area (Å²) in [6.07, 6.45) is 2.54. The quantitative estimate of drug-likeness (QED) is 0.200. The molecule has 0 atom stereocenters. The molecule has 4 heterocycles. The Morgan fingerprint density at radius 3 is 1.82 bits per heavy atom. The first-order valence-electron chi connectivity index (χ1n) is 10.4. The van der Waals surface area contributed by atoms with Gasteiger partial charge < -0.3 is 10.0 Å². The number of rotatable bonds is 4. The molecular formula is C22H18BBrCl2F2N8O2. The van der Waals surface area contributed by atoms with Crippen LogP contribution in [0.3, 0.4) is 0 Å². The number of nitrogens with zero attached hydrogens (tertiary/aromatic N) is 8. The molecule has 0 spiro atoms. The van der Waals surface area contributed by atoms with Crippen LogP contribution in [0.25, 0.3) is 0 Å². The summed E-state index contributed by atoms with van der Waals surface area (Å²) in [6.45, 7) is 0. The summed E-state index contributed by atoms with van der Waals surface area (Å²) >= 11 is 14.6. The van der Waals surface area contributed by atoms with Gasteiger partial charge in [-0.15, -0.1) is 0 Å². The van der Waals surface area contributed by atoms with E-state index in [4.69, 9.17) is 43.8 Å². The molecule has 0 unspecified atom stereocenters. The van der Waals surface area contributed by atoms with Crippen molar-refractivity contribution in [2.24, 2.45) is 14.1 Å². The van der Waals surface area contributed by atoms with Crippen molar-refractivity contribution in [1.82, 2.24) is 29.5 Å². The van der Waals surface area contributed by atoms with E-state index in [0.29, 0.717) is 33.7 Å². The third kappa shape index (κ3) is 8.87. The highest BCUT2D eigenvalue weighted by Gasteiger charge is 2.17. The van der Waals surface area contributed by atoms with Crippen molar-refractivity contribution in [1.29, 1.82) is 10.5 Å². The summed E-state index contributed by atoms with van der Waals surface area (Å²) in [5, 5.41) is 43.3. The molecule has 16 heteroatoms. The maximum absolute atomic E-state index is 13.0. The first-order valence-corrected chi connectivity index (χ1v) is 12.3. The molecule has 0 fully saturated rings. The first-order chi connectivity index (χ1) is 18.0. The fraction of sp³-hybridized carbons (Fsp3) is 0.182. The van der Waals surface area contributed by atoms with Gasteiger partial charge >= 0.3 is 7.12 Å². The second-order valence-electron chi connectivity index (χ2n) is 7.34. The number of alkyl halides is 1. The summed E-state index contributed by atoms with van der Waals surface area (Å²) in [5.41, 5.74) is 2.72. The Morgan fingerprint density at radius 1 is 0.895 bits per heavy atom. The Hall–Kier alpha value is -3.40. The molecule has 2 N–H and O–H groups in total. The molecule has 0 saturated heterocycles. The number of halogens is 5. The maximum Gasteiger partial charge on any atom is 0.507 e. The highest BCUT2D eigenvalue weighted by atomic mass is 79.9. The fourth-order valence-corrected chi connectivity index (χ4v) is 3.78. The van der Waals surface area contributed by atoms with Crippen molar-refractivity contribution in [3.8, 4) is 12.1 Å². The van der Waals surface area contributed by atoms with E-state index in [1.807, 2.05) is 6.07 Å². The Kier molecular flexibility index (Phi) is 11.8. The van der Waals surface area contributed by atoms with Crippen molar-refractivity contribution in [3.05, 3.63) is 86.8 Å². The van der Waals surface area contributed by atoms with Gasteiger partial charge in [0.15, 0.2) is 11.4 Å². The molecule has 0 aromatic carbocycles. The Morgan fingerprint density at radius 2 is 1.39 bits per heavy atom. The summed E-state index contributed by atoms with van der Waals surface area (Å²) in [7, 11) is 1.68. The van der Waals surface area contributed by atoms with Gasteiger partial charge in [0.1, 0.15) is 34.1 Å². The van der Waals surface area contributed by atoms with Crippen LogP contribution in [-0.2, 0) is 25.8 Å². The van der Waals surface area contributed by atoms with Crippen LogP contribution in [0.15, 0.2) is 36.7 Å². The smallest absolute Gasteiger partial charge is 0.422 e. The Balaban J connectivity index is 0.000000211. The second-order valence-corrected chi connectivity index (χ2v) is 8.61. The van der Waals surface area contributed by atoms with Crippen molar-refractivity contribution < 1.29 is 18.8 Å². The van der Waals surface area contributed by atoms with E-state index in [-0.39, 0.29) is 22.3 Å². The highest BCUT2D eigenvalue weighted by molar-refractivity contribution is 9.08. The largest absolute Gasteiger partial charge is 0.507 e. The lowest BCUT2D eigenvalue weighted by Gasteiger charge is -2.03. The average Bonchev–Trinajstić information content (AvgIpc) is 3.45. The molecular weight excluding hydrogens is 608 g/mol. The minimum Gasteiger partial charge on any atom is -0.422 e. The van der Waals surface area contributed by atoms with E-state index in [2.05, 4.69) is 36.1 Å². The average molecular weight is 626 g/mol. The third-order valence-corrected chi connectivity index (χ3v) is 5.94. The first kappa shape index (κ1) is 30.8. The predicted octanol–water partition coefficient (Wildman–Crippen LogP) is 2.81. The van der Waals surface area contributed by atoms with Gasteiger partial charge in [0.05, 0.1) is 18.0 Å². The van der Waals surface area contributed by atoms with Crippen molar-refractivity contribution >= 4 is 51.8 Å².